The van der Waals surface area contributed by atoms with E-state index in [1.165, 1.54) is 24.0 Å². The first-order chi connectivity index (χ1) is 8.96. The molecule has 0 aromatic heterocycles. The van der Waals surface area contributed by atoms with E-state index in [0.717, 1.165) is 12.2 Å². The van der Waals surface area contributed by atoms with E-state index in [4.69, 9.17) is 4.74 Å². The highest BCUT2D eigenvalue weighted by atomic mass is 16.5. The molecule has 2 rings (SSSR count). The monoisotopic (exact) mass is 261 g/mol. The highest BCUT2D eigenvalue weighted by Crippen LogP contribution is 2.37. The molecule has 0 fully saturated rings. The quantitative estimate of drug-likeness (QED) is 0.861. The van der Waals surface area contributed by atoms with Gasteiger partial charge in [-0.15, -0.1) is 0 Å². The van der Waals surface area contributed by atoms with Crippen LogP contribution in [-0.2, 0) is 6.42 Å². The largest absolute Gasteiger partial charge is 0.487 e. The van der Waals surface area contributed by atoms with Gasteiger partial charge in [0.2, 0.25) is 0 Å². The summed E-state index contributed by atoms with van der Waals surface area (Å²) in [5, 5.41) is 3.47. The molecule has 1 N–H and O–H groups in total. The topological polar surface area (TPSA) is 21.3 Å². The molecule has 19 heavy (non-hydrogen) atoms. The highest BCUT2D eigenvalue weighted by Gasteiger charge is 2.30. The van der Waals surface area contributed by atoms with E-state index < -0.39 is 0 Å². The molecule has 2 unspecified atom stereocenters. The maximum absolute atomic E-state index is 5.95. The molecule has 1 aromatic rings. The molecule has 1 aliphatic heterocycles. The van der Waals surface area contributed by atoms with E-state index in [0.29, 0.717) is 12.0 Å². The Morgan fingerprint density at radius 1 is 1.37 bits per heavy atom. The normalized spacial score (nSPS) is 19.6. The third-order valence-corrected chi connectivity index (χ3v) is 4.07. The number of hydrogen-bond donors (Lipinski definition) is 1. The Balaban J connectivity index is 2.22. The van der Waals surface area contributed by atoms with Gasteiger partial charge in [-0.05, 0) is 50.4 Å². The second-order valence-electron chi connectivity index (χ2n) is 6.44. The van der Waals surface area contributed by atoms with Crippen molar-refractivity contribution >= 4 is 0 Å². The number of rotatable bonds is 5. The SMILES string of the molecule is CCCC(C)C(NC)c1ccc2c(c1)CC(C)(C)O2. The molecule has 2 heteroatoms. The van der Waals surface area contributed by atoms with Gasteiger partial charge in [0.1, 0.15) is 11.4 Å². The van der Waals surface area contributed by atoms with Gasteiger partial charge in [-0.25, -0.2) is 0 Å². The molecular formula is C17H27NO. The number of benzene rings is 1. The molecule has 106 valence electrons. The van der Waals surface area contributed by atoms with Gasteiger partial charge in [0.15, 0.2) is 0 Å². The smallest absolute Gasteiger partial charge is 0.123 e. The van der Waals surface area contributed by atoms with Gasteiger partial charge in [-0.3, -0.25) is 0 Å². The Kier molecular flexibility index (Phi) is 4.19. The molecule has 0 saturated carbocycles. The fourth-order valence-corrected chi connectivity index (χ4v) is 3.22. The lowest BCUT2D eigenvalue weighted by molar-refractivity contribution is 0.138. The van der Waals surface area contributed by atoms with Crippen LogP contribution in [0.2, 0.25) is 0 Å². The van der Waals surface area contributed by atoms with E-state index in [9.17, 15) is 0 Å². The van der Waals surface area contributed by atoms with Crippen LogP contribution in [0.25, 0.3) is 0 Å². The minimum absolute atomic E-state index is 0.0505. The van der Waals surface area contributed by atoms with Crippen LogP contribution < -0.4 is 10.1 Å². The molecule has 1 aliphatic rings. The van der Waals surface area contributed by atoms with Crippen molar-refractivity contribution in [3.63, 3.8) is 0 Å². The summed E-state index contributed by atoms with van der Waals surface area (Å²) in [6, 6.07) is 7.13. The summed E-state index contributed by atoms with van der Waals surface area (Å²) in [6.45, 7) is 8.89. The van der Waals surface area contributed by atoms with Crippen LogP contribution in [0.1, 0.15) is 57.7 Å². The number of hydrogen-bond acceptors (Lipinski definition) is 2. The predicted molar refractivity (Wildman–Crippen MR) is 80.7 cm³/mol. The van der Waals surface area contributed by atoms with Crippen molar-refractivity contribution < 1.29 is 4.74 Å². The Bertz CT molecular complexity index is 439. The molecule has 2 atom stereocenters. The molecular weight excluding hydrogens is 234 g/mol. The molecule has 1 heterocycles. The van der Waals surface area contributed by atoms with Crippen LogP contribution in [0.3, 0.4) is 0 Å². The van der Waals surface area contributed by atoms with Crippen molar-refractivity contribution in [1.82, 2.24) is 5.32 Å². The lowest BCUT2D eigenvalue weighted by Gasteiger charge is -2.24. The minimum Gasteiger partial charge on any atom is -0.487 e. The average molecular weight is 261 g/mol. The summed E-state index contributed by atoms with van der Waals surface area (Å²) in [5.74, 6) is 1.72. The molecule has 1 aromatic carbocycles. The standard InChI is InChI=1S/C17H27NO/c1-6-7-12(2)16(18-5)13-8-9-15-14(10-13)11-17(3,4)19-15/h8-10,12,16,18H,6-7,11H2,1-5H3. The Morgan fingerprint density at radius 2 is 2.11 bits per heavy atom. The van der Waals surface area contributed by atoms with E-state index in [-0.39, 0.29) is 5.60 Å². The lowest BCUT2D eigenvalue weighted by Crippen LogP contribution is -2.24. The zero-order valence-electron chi connectivity index (χ0n) is 12.9. The van der Waals surface area contributed by atoms with Crippen molar-refractivity contribution in [1.29, 1.82) is 0 Å². The Labute approximate surface area is 117 Å². The van der Waals surface area contributed by atoms with Crippen LogP contribution in [0.15, 0.2) is 18.2 Å². The Morgan fingerprint density at radius 3 is 2.74 bits per heavy atom. The van der Waals surface area contributed by atoms with Crippen molar-refractivity contribution in [3.05, 3.63) is 29.3 Å². The first-order valence-electron chi connectivity index (χ1n) is 7.46. The van der Waals surface area contributed by atoms with Crippen molar-refractivity contribution in [2.45, 2.75) is 58.6 Å². The Hall–Kier alpha value is -1.02. The number of fused-ring (bicyclic) bond motifs is 1. The number of ether oxygens (including phenoxy) is 1. The average Bonchev–Trinajstić information content (AvgIpc) is 2.63. The second-order valence-corrected chi connectivity index (χ2v) is 6.44. The van der Waals surface area contributed by atoms with E-state index in [1.54, 1.807) is 0 Å². The van der Waals surface area contributed by atoms with Crippen LogP contribution in [0.4, 0.5) is 0 Å². The van der Waals surface area contributed by atoms with Gasteiger partial charge in [-0.2, -0.15) is 0 Å². The maximum Gasteiger partial charge on any atom is 0.123 e. The summed E-state index contributed by atoms with van der Waals surface area (Å²) in [7, 11) is 2.06. The van der Waals surface area contributed by atoms with Crippen molar-refractivity contribution in [2.75, 3.05) is 7.05 Å². The molecule has 0 amide bonds. The third-order valence-electron chi connectivity index (χ3n) is 4.07. The summed E-state index contributed by atoms with van der Waals surface area (Å²) >= 11 is 0. The molecule has 0 radical (unpaired) electrons. The van der Waals surface area contributed by atoms with Gasteiger partial charge < -0.3 is 10.1 Å². The molecule has 2 nitrogen and oxygen atoms in total. The van der Waals surface area contributed by atoms with Crippen molar-refractivity contribution in [3.8, 4) is 5.75 Å². The fraction of sp³-hybridized carbons (Fsp3) is 0.647. The van der Waals surface area contributed by atoms with Gasteiger partial charge in [-0.1, -0.05) is 32.4 Å². The summed E-state index contributed by atoms with van der Waals surface area (Å²) in [6.07, 6.45) is 3.50. The molecule has 0 saturated heterocycles. The third kappa shape index (κ3) is 3.11. The predicted octanol–water partition coefficient (Wildman–Crippen LogP) is 4.10. The lowest BCUT2D eigenvalue weighted by atomic mass is 9.89. The highest BCUT2D eigenvalue weighted by molar-refractivity contribution is 5.42. The van der Waals surface area contributed by atoms with Gasteiger partial charge >= 0.3 is 0 Å². The molecule has 0 bridgehead atoms. The van der Waals surface area contributed by atoms with Crippen LogP contribution in [0.5, 0.6) is 5.75 Å². The summed E-state index contributed by atoms with van der Waals surface area (Å²) < 4.78 is 5.95. The minimum atomic E-state index is -0.0505. The molecule has 0 spiro atoms. The summed E-state index contributed by atoms with van der Waals surface area (Å²) in [4.78, 5) is 0. The van der Waals surface area contributed by atoms with Crippen LogP contribution in [0, 0.1) is 5.92 Å². The zero-order valence-corrected chi connectivity index (χ0v) is 12.9. The zero-order chi connectivity index (χ0) is 14.0. The molecule has 0 aliphatic carbocycles. The van der Waals surface area contributed by atoms with Gasteiger partial charge in [0.05, 0.1) is 0 Å². The van der Waals surface area contributed by atoms with Gasteiger partial charge in [0, 0.05) is 12.5 Å². The maximum atomic E-state index is 5.95. The summed E-state index contributed by atoms with van der Waals surface area (Å²) in [5.41, 5.74) is 2.69. The fourth-order valence-electron chi connectivity index (χ4n) is 3.22. The van der Waals surface area contributed by atoms with E-state index in [2.05, 4.69) is 58.3 Å². The second kappa shape index (κ2) is 5.54. The van der Waals surface area contributed by atoms with Crippen molar-refractivity contribution in [2.24, 2.45) is 5.92 Å². The van der Waals surface area contributed by atoms with E-state index in [1.807, 2.05) is 0 Å². The van der Waals surface area contributed by atoms with E-state index >= 15 is 0 Å². The van der Waals surface area contributed by atoms with Crippen LogP contribution in [-0.4, -0.2) is 12.6 Å². The first kappa shape index (κ1) is 14.4. The van der Waals surface area contributed by atoms with Crippen LogP contribution >= 0.6 is 0 Å². The van der Waals surface area contributed by atoms with Gasteiger partial charge in [0.25, 0.3) is 0 Å². The first-order valence-corrected chi connectivity index (χ1v) is 7.46. The number of nitrogens with one attached hydrogen (secondary N) is 1.